The van der Waals surface area contributed by atoms with Crippen molar-refractivity contribution in [2.45, 2.75) is 38.2 Å². The molecule has 2 rings (SSSR count). The molecule has 1 saturated carbocycles. The maximum atomic E-state index is 11.5. The van der Waals surface area contributed by atoms with Crippen LogP contribution >= 0.6 is 0 Å². The van der Waals surface area contributed by atoms with E-state index in [1.807, 2.05) is 50.2 Å². The van der Waals surface area contributed by atoms with Crippen LogP contribution in [0.25, 0.3) is 0 Å². The summed E-state index contributed by atoms with van der Waals surface area (Å²) < 4.78 is 5.31. The highest BCUT2D eigenvalue weighted by Crippen LogP contribution is 2.45. The predicted octanol–water partition coefficient (Wildman–Crippen LogP) is 3.04. The first-order valence-corrected chi connectivity index (χ1v) is 8.77. The Balaban J connectivity index is 2.42. The van der Waals surface area contributed by atoms with Crippen molar-refractivity contribution in [3.05, 3.63) is 41.0 Å². The standard InChI is InChI=1S/C20H29NO4/c1-5-18(19(22)23)14-9-10-20(24,16(11-14)13-21(2)3)15-7-6-8-17(12-15)25-4/h6-8,12,16,24H,5,9-11,13H2,1-4H3,(H,22,23)/b18-14-. The first-order chi connectivity index (χ1) is 11.8. The molecule has 1 aromatic carbocycles. The summed E-state index contributed by atoms with van der Waals surface area (Å²) in [5, 5.41) is 21.0. The highest BCUT2D eigenvalue weighted by atomic mass is 16.5. The number of methoxy groups -OCH3 is 1. The number of rotatable bonds is 6. The summed E-state index contributed by atoms with van der Waals surface area (Å²) in [6.45, 7) is 2.56. The minimum atomic E-state index is -0.986. The molecule has 0 radical (unpaired) electrons. The zero-order valence-electron chi connectivity index (χ0n) is 15.6. The number of nitrogens with zero attached hydrogens (tertiary/aromatic N) is 1. The maximum Gasteiger partial charge on any atom is 0.331 e. The van der Waals surface area contributed by atoms with E-state index in [4.69, 9.17) is 4.74 Å². The summed E-state index contributed by atoms with van der Waals surface area (Å²) in [5.41, 5.74) is 1.32. The number of carboxylic acids is 1. The molecule has 2 unspecified atom stereocenters. The number of hydrogen-bond acceptors (Lipinski definition) is 4. The van der Waals surface area contributed by atoms with E-state index >= 15 is 0 Å². The third-order valence-corrected chi connectivity index (χ3v) is 5.17. The second-order valence-corrected chi connectivity index (χ2v) is 7.06. The molecule has 0 aliphatic heterocycles. The molecule has 1 aromatic rings. The van der Waals surface area contributed by atoms with Crippen molar-refractivity contribution in [3.8, 4) is 5.75 Å². The Morgan fingerprint density at radius 3 is 2.68 bits per heavy atom. The Morgan fingerprint density at radius 2 is 2.12 bits per heavy atom. The van der Waals surface area contributed by atoms with E-state index in [0.717, 1.165) is 16.9 Å². The zero-order valence-corrected chi connectivity index (χ0v) is 15.6. The van der Waals surface area contributed by atoms with E-state index in [-0.39, 0.29) is 5.92 Å². The monoisotopic (exact) mass is 347 g/mol. The quantitative estimate of drug-likeness (QED) is 0.774. The van der Waals surface area contributed by atoms with Gasteiger partial charge >= 0.3 is 5.97 Å². The summed E-state index contributed by atoms with van der Waals surface area (Å²) in [6, 6.07) is 7.56. The Hall–Kier alpha value is -1.85. The van der Waals surface area contributed by atoms with Crippen molar-refractivity contribution in [2.75, 3.05) is 27.7 Å². The minimum Gasteiger partial charge on any atom is -0.497 e. The number of benzene rings is 1. The molecule has 5 heteroatoms. The summed E-state index contributed by atoms with van der Waals surface area (Å²) in [6.07, 6.45) is 2.23. The van der Waals surface area contributed by atoms with Crippen LogP contribution in [0.15, 0.2) is 35.4 Å². The van der Waals surface area contributed by atoms with Gasteiger partial charge in [-0.15, -0.1) is 0 Å². The van der Waals surface area contributed by atoms with Gasteiger partial charge in [0.2, 0.25) is 0 Å². The van der Waals surface area contributed by atoms with Crippen molar-refractivity contribution in [1.82, 2.24) is 4.90 Å². The lowest BCUT2D eigenvalue weighted by molar-refractivity contribution is -0.133. The Morgan fingerprint density at radius 1 is 1.40 bits per heavy atom. The van der Waals surface area contributed by atoms with Gasteiger partial charge in [-0.3, -0.25) is 0 Å². The fourth-order valence-corrected chi connectivity index (χ4v) is 3.87. The SMILES string of the molecule is CC/C(C(=O)O)=C1\CCC(O)(c2cccc(OC)c2)C(CN(C)C)C1. The van der Waals surface area contributed by atoms with Gasteiger partial charge in [0.15, 0.2) is 0 Å². The molecule has 1 aliphatic carbocycles. The largest absolute Gasteiger partial charge is 0.497 e. The third kappa shape index (κ3) is 4.22. The molecule has 2 atom stereocenters. The van der Waals surface area contributed by atoms with Crippen LogP contribution in [0.2, 0.25) is 0 Å². The molecule has 1 aliphatic rings. The van der Waals surface area contributed by atoms with E-state index in [1.165, 1.54) is 0 Å². The molecule has 2 N–H and O–H groups in total. The highest BCUT2D eigenvalue weighted by molar-refractivity contribution is 5.87. The van der Waals surface area contributed by atoms with Gasteiger partial charge in [0.25, 0.3) is 0 Å². The van der Waals surface area contributed by atoms with Crippen molar-refractivity contribution in [3.63, 3.8) is 0 Å². The Bertz CT molecular complexity index is 653. The van der Waals surface area contributed by atoms with Crippen LogP contribution in [0.1, 0.15) is 38.2 Å². The van der Waals surface area contributed by atoms with Gasteiger partial charge in [0, 0.05) is 18.0 Å². The summed E-state index contributed by atoms with van der Waals surface area (Å²) >= 11 is 0. The lowest BCUT2D eigenvalue weighted by Crippen LogP contribution is -2.43. The smallest absolute Gasteiger partial charge is 0.331 e. The number of aliphatic carboxylic acids is 1. The maximum absolute atomic E-state index is 11.5. The number of allylic oxidation sites excluding steroid dienone is 1. The van der Waals surface area contributed by atoms with E-state index in [0.29, 0.717) is 37.8 Å². The van der Waals surface area contributed by atoms with Crippen molar-refractivity contribution in [1.29, 1.82) is 0 Å². The molecule has 138 valence electrons. The molecule has 1 fully saturated rings. The average Bonchev–Trinajstić information content (AvgIpc) is 2.57. The molecule has 25 heavy (non-hydrogen) atoms. The Labute approximate surface area is 149 Å². The second kappa shape index (κ2) is 8.02. The van der Waals surface area contributed by atoms with Crippen LogP contribution in [-0.2, 0) is 10.4 Å². The predicted molar refractivity (Wildman–Crippen MR) is 97.7 cm³/mol. The summed E-state index contributed by atoms with van der Waals surface area (Å²) in [4.78, 5) is 13.6. The molecule has 5 nitrogen and oxygen atoms in total. The average molecular weight is 347 g/mol. The van der Waals surface area contributed by atoms with Crippen LogP contribution in [0.4, 0.5) is 0 Å². The van der Waals surface area contributed by atoms with Gasteiger partial charge in [-0.2, -0.15) is 0 Å². The lowest BCUT2D eigenvalue weighted by Gasteiger charge is -2.43. The van der Waals surface area contributed by atoms with Gasteiger partial charge in [0.05, 0.1) is 12.7 Å². The highest BCUT2D eigenvalue weighted by Gasteiger charge is 2.43. The van der Waals surface area contributed by atoms with Crippen LogP contribution < -0.4 is 4.74 Å². The number of carboxylic acid groups (broad SMARTS) is 1. The molecule has 0 saturated heterocycles. The molecule has 0 amide bonds. The van der Waals surface area contributed by atoms with Crippen molar-refractivity contribution in [2.24, 2.45) is 5.92 Å². The zero-order chi connectivity index (χ0) is 18.6. The van der Waals surface area contributed by atoms with E-state index in [9.17, 15) is 15.0 Å². The van der Waals surface area contributed by atoms with Crippen molar-refractivity contribution < 1.29 is 19.7 Å². The second-order valence-electron chi connectivity index (χ2n) is 7.06. The molecule has 0 heterocycles. The van der Waals surface area contributed by atoms with E-state index in [1.54, 1.807) is 7.11 Å². The van der Waals surface area contributed by atoms with Crippen molar-refractivity contribution >= 4 is 5.97 Å². The number of ether oxygens (including phenoxy) is 1. The van der Waals surface area contributed by atoms with E-state index < -0.39 is 11.6 Å². The molecule has 0 spiro atoms. The normalized spacial score (nSPS) is 25.8. The number of aliphatic hydroxyl groups is 1. The van der Waals surface area contributed by atoms with Gasteiger partial charge < -0.3 is 19.8 Å². The topological polar surface area (TPSA) is 70.0 Å². The van der Waals surface area contributed by atoms with E-state index in [2.05, 4.69) is 0 Å². The third-order valence-electron chi connectivity index (χ3n) is 5.17. The van der Waals surface area contributed by atoms with Crippen LogP contribution in [0.3, 0.4) is 0 Å². The fraction of sp³-hybridized carbons (Fsp3) is 0.550. The van der Waals surface area contributed by atoms with Gasteiger partial charge in [-0.1, -0.05) is 24.6 Å². The number of carbonyl (C=O) groups is 1. The van der Waals surface area contributed by atoms with Gasteiger partial charge in [0.1, 0.15) is 5.75 Å². The van der Waals surface area contributed by atoms with Gasteiger partial charge in [-0.25, -0.2) is 4.79 Å². The minimum absolute atomic E-state index is 0.0701. The molecule has 0 aromatic heterocycles. The summed E-state index contributed by atoms with van der Waals surface area (Å²) in [5.74, 6) is -0.192. The molecular formula is C20H29NO4. The van der Waals surface area contributed by atoms with Crippen LogP contribution in [0, 0.1) is 5.92 Å². The first-order valence-electron chi connectivity index (χ1n) is 8.77. The number of hydrogen-bond donors (Lipinski definition) is 2. The van der Waals surface area contributed by atoms with Crippen LogP contribution in [-0.4, -0.2) is 48.8 Å². The van der Waals surface area contributed by atoms with Crippen LogP contribution in [0.5, 0.6) is 5.75 Å². The lowest BCUT2D eigenvalue weighted by atomic mass is 9.68. The van der Waals surface area contributed by atoms with Gasteiger partial charge in [-0.05, 0) is 57.5 Å². The fourth-order valence-electron chi connectivity index (χ4n) is 3.87. The molecule has 0 bridgehead atoms. The summed E-state index contributed by atoms with van der Waals surface area (Å²) in [7, 11) is 5.56. The first kappa shape index (κ1) is 19.5. The molecular weight excluding hydrogens is 318 g/mol. The Kier molecular flexibility index (Phi) is 6.25.